The molecule has 1 heterocycles. The van der Waals surface area contributed by atoms with Crippen LogP contribution >= 0.6 is 22.6 Å². The molecular formula is C6H8IN3O2. The first-order chi connectivity index (χ1) is 5.46. The van der Waals surface area contributed by atoms with Gasteiger partial charge in [-0.25, -0.2) is 4.79 Å². The zero-order chi connectivity index (χ0) is 9.46. The largest absolute Gasteiger partial charge is 0.384 e. The lowest BCUT2D eigenvalue weighted by atomic mass is 10.5. The molecule has 6 heteroatoms. The van der Waals surface area contributed by atoms with E-state index in [1.807, 2.05) is 22.6 Å². The Morgan fingerprint density at radius 1 is 1.25 bits per heavy atom. The number of halogens is 1. The molecule has 0 aromatic carbocycles. The number of nitrogens with zero attached hydrogens (tertiary/aromatic N) is 2. The van der Waals surface area contributed by atoms with Crippen molar-refractivity contribution in [3.63, 3.8) is 0 Å². The van der Waals surface area contributed by atoms with Crippen LogP contribution in [0.4, 0.5) is 5.82 Å². The summed E-state index contributed by atoms with van der Waals surface area (Å²) in [4.78, 5) is 22.4. The summed E-state index contributed by atoms with van der Waals surface area (Å²) in [5.74, 6) is 0.212. The van der Waals surface area contributed by atoms with Crippen LogP contribution in [0.3, 0.4) is 0 Å². The van der Waals surface area contributed by atoms with E-state index in [0.717, 1.165) is 4.57 Å². The molecule has 0 bridgehead atoms. The highest BCUT2D eigenvalue weighted by Gasteiger charge is 2.08. The first kappa shape index (κ1) is 9.30. The predicted molar refractivity (Wildman–Crippen MR) is 54.1 cm³/mol. The summed E-state index contributed by atoms with van der Waals surface area (Å²) in [5, 5.41) is 0. The molecule has 2 N–H and O–H groups in total. The molecule has 66 valence electrons. The van der Waals surface area contributed by atoms with E-state index in [1.54, 1.807) is 0 Å². The van der Waals surface area contributed by atoms with Gasteiger partial charge in [-0.1, -0.05) is 0 Å². The molecule has 0 spiro atoms. The van der Waals surface area contributed by atoms with Crippen molar-refractivity contribution in [2.45, 2.75) is 0 Å². The summed E-state index contributed by atoms with van der Waals surface area (Å²) < 4.78 is 2.64. The highest BCUT2D eigenvalue weighted by Crippen LogP contribution is 2.04. The maximum Gasteiger partial charge on any atom is 0.332 e. The van der Waals surface area contributed by atoms with Crippen molar-refractivity contribution in [3.8, 4) is 0 Å². The van der Waals surface area contributed by atoms with Crippen LogP contribution in [-0.2, 0) is 14.1 Å². The van der Waals surface area contributed by atoms with Gasteiger partial charge in [-0.3, -0.25) is 13.9 Å². The van der Waals surface area contributed by atoms with Gasteiger partial charge in [-0.15, -0.1) is 0 Å². The van der Waals surface area contributed by atoms with E-state index in [9.17, 15) is 9.59 Å². The van der Waals surface area contributed by atoms with Gasteiger partial charge >= 0.3 is 5.69 Å². The van der Waals surface area contributed by atoms with Gasteiger partial charge in [0.05, 0.1) is 0 Å². The van der Waals surface area contributed by atoms with Crippen LogP contribution in [0.1, 0.15) is 0 Å². The van der Waals surface area contributed by atoms with Crippen LogP contribution < -0.4 is 17.0 Å². The Balaban J connectivity index is 3.86. The van der Waals surface area contributed by atoms with Crippen molar-refractivity contribution < 1.29 is 0 Å². The smallest absolute Gasteiger partial charge is 0.332 e. The molecule has 0 atom stereocenters. The number of rotatable bonds is 0. The molecular weight excluding hydrogens is 273 g/mol. The highest BCUT2D eigenvalue weighted by molar-refractivity contribution is 14.1. The molecule has 12 heavy (non-hydrogen) atoms. The number of hydrogen-bond acceptors (Lipinski definition) is 3. The van der Waals surface area contributed by atoms with E-state index in [1.165, 1.54) is 18.7 Å². The summed E-state index contributed by atoms with van der Waals surface area (Å²) in [6.07, 6.45) is 0. The quantitative estimate of drug-likeness (QED) is 0.637. The van der Waals surface area contributed by atoms with Gasteiger partial charge in [-0.2, -0.15) is 0 Å². The molecule has 1 rings (SSSR count). The van der Waals surface area contributed by atoms with E-state index >= 15 is 0 Å². The van der Waals surface area contributed by atoms with Crippen molar-refractivity contribution >= 4 is 28.4 Å². The highest BCUT2D eigenvalue weighted by atomic mass is 127. The second-order valence-electron chi connectivity index (χ2n) is 2.40. The van der Waals surface area contributed by atoms with E-state index in [2.05, 4.69) is 0 Å². The van der Waals surface area contributed by atoms with Crippen molar-refractivity contribution in [2.75, 3.05) is 5.73 Å². The Bertz CT molecular complexity index is 394. The number of aromatic nitrogens is 2. The molecule has 0 saturated carbocycles. The van der Waals surface area contributed by atoms with Crippen molar-refractivity contribution in [1.82, 2.24) is 9.13 Å². The van der Waals surface area contributed by atoms with E-state index in [4.69, 9.17) is 5.73 Å². The Hall–Kier alpha value is -0.790. The zero-order valence-electron chi connectivity index (χ0n) is 6.67. The fourth-order valence-corrected chi connectivity index (χ4v) is 1.54. The Morgan fingerprint density at radius 2 is 1.75 bits per heavy atom. The van der Waals surface area contributed by atoms with E-state index in [-0.39, 0.29) is 11.4 Å². The van der Waals surface area contributed by atoms with Crippen LogP contribution in [0.5, 0.6) is 0 Å². The average Bonchev–Trinajstić information content (AvgIpc) is 2.08. The van der Waals surface area contributed by atoms with Gasteiger partial charge in [-0.05, 0) is 22.6 Å². The standard InChI is InChI=1S/C6H8IN3O2/c1-9-4(8)3(7)5(11)10(2)6(9)12/h8H2,1-2H3. The topological polar surface area (TPSA) is 70.0 Å². The minimum Gasteiger partial charge on any atom is -0.384 e. The van der Waals surface area contributed by atoms with E-state index in [0.29, 0.717) is 3.57 Å². The number of nitrogen functional groups attached to an aromatic ring is 1. The predicted octanol–water partition coefficient (Wildman–Crippen LogP) is -0.729. The molecule has 0 fully saturated rings. The summed E-state index contributed by atoms with van der Waals surface area (Å²) in [5.41, 5.74) is 4.74. The molecule has 0 radical (unpaired) electrons. The molecule has 1 aromatic heterocycles. The van der Waals surface area contributed by atoms with Crippen molar-refractivity contribution in [2.24, 2.45) is 14.1 Å². The van der Waals surface area contributed by atoms with Crippen molar-refractivity contribution in [1.29, 1.82) is 0 Å². The summed E-state index contributed by atoms with van der Waals surface area (Å²) in [7, 11) is 2.95. The van der Waals surface area contributed by atoms with Gasteiger partial charge in [0.2, 0.25) is 0 Å². The minimum atomic E-state index is -0.405. The lowest BCUT2D eigenvalue weighted by Crippen LogP contribution is -2.39. The molecule has 0 aliphatic heterocycles. The summed E-state index contributed by atoms with van der Waals surface area (Å²) in [6, 6.07) is 0. The molecule has 1 aromatic rings. The second-order valence-corrected chi connectivity index (χ2v) is 3.48. The Morgan fingerprint density at radius 3 is 2.25 bits per heavy atom. The molecule has 5 nitrogen and oxygen atoms in total. The normalized spacial score (nSPS) is 10.2. The fraction of sp³-hybridized carbons (Fsp3) is 0.333. The van der Waals surface area contributed by atoms with Gasteiger partial charge in [0.25, 0.3) is 5.56 Å². The monoisotopic (exact) mass is 281 g/mol. The Kier molecular flexibility index (Phi) is 2.27. The van der Waals surface area contributed by atoms with Crippen LogP contribution in [0.15, 0.2) is 9.59 Å². The molecule has 0 amide bonds. The van der Waals surface area contributed by atoms with Crippen LogP contribution in [0, 0.1) is 3.57 Å². The van der Waals surface area contributed by atoms with Crippen molar-refractivity contribution in [3.05, 3.63) is 24.4 Å². The third-order valence-electron chi connectivity index (χ3n) is 1.65. The third-order valence-corrected chi connectivity index (χ3v) is 2.67. The molecule has 0 aliphatic rings. The first-order valence-corrected chi connectivity index (χ1v) is 4.25. The molecule has 0 saturated heterocycles. The number of hydrogen-bond donors (Lipinski definition) is 1. The van der Waals surface area contributed by atoms with Crippen LogP contribution in [-0.4, -0.2) is 9.13 Å². The maximum absolute atomic E-state index is 11.2. The first-order valence-electron chi connectivity index (χ1n) is 3.17. The van der Waals surface area contributed by atoms with Gasteiger partial charge in [0.15, 0.2) is 0 Å². The fourth-order valence-electron chi connectivity index (χ4n) is 0.819. The lowest BCUT2D eigenvalue weighted by molar-refractivity contribution is 0.688. The van der Waals surface area contributed by atoms with E-state index < -0.39 is 5.69 Å². The van der Waals surface area contributed by atoms with Crippen LogP contribution in [0.25, 0.3) is 0 Å². The zero-order valence-corrected chi connectivity index (χ0v) is 8.82. The summed E-state index contributed by atoms with van der Waals surface area (Å²) >= 11 is 1.82. The summed E-state index contributed by atoms with van der Waals surface area (Å²) in [6.45, 7) is 0. The maximum atomic E-state index is 11.2. The van der Waals surface area contributed by atoms with Gasteiger partial charge in [0.1, 0.15) is 9.39 Å². The third kappa shape index (κ3) is 1.15. The molecule has 0 aliphatic carbocycles. The SMILES string of the molecule is Cn1c(N)c(I)c(=O)n(C)c1=O. The van der Waals surface area contributed by atoms with Crippen LogP contribution in [0.2, 0.25) is 0 Å². The van der Waals surface area contributed by atoms with Gasteiger partial charge < -0.3 is 5.73 Å². The lowest BCUT2D eigenvalue weighted by Gasteiger charge is -2.06. The Labute approximate surface area is 81.9 Å². The van der Waals surface area contributed by atoms with Gasteiger partial charge in [0, 0.05) is 14.1 Å². The number of anilines is 1. The average molecular weight is 281 g/mol. The molecule has 0 unspecified atom stereocenters. The number of nitrogens with two attached hydrogens (primary N) is 1. The second kappa shape index (κ2) is 2.92. The minimum absolute atomic E-state index is 0.212.